The van der Waals surface area contributed by atoms with Gasteiger partial charge in [0.15, 0.2) is 0 Å². The average molecular weight is 448 g/mol. The van der Waals surface area contributed by atoms with Crippen molar-refractivity contribution in [2.45, 2.75) is 33.8 Å². The van der Waals surface area contributed by atoms with Crippen molar-refractivity contribution in [2.75, 3.05) is 26.2 Å². The highest BCUT2D eigenvalue weighted by molar-refractivity contribution is 6.06. The third kappa shape index (κ3) is 5.01. The second-order valence-electron chi connectivity index (χ2n) is 8.74. The summed E-state index contributed by atoms with van der Waals surface area (Å²) in [5.74, 6) is 0.709. The number of morpholine rings is 1. The van der Waals surface area contributed by atoms with Crippen LogP contribution in [0, 0.1) is 19.8 Å². The average Bonchev–Trinajstić information content (AvgIpc) is 2.81. The number of para-hydroxylation sites is 1. The molecule has 172 valence electrons. The van der Waals surface area contributed by atoms with Crippen LogP contribution in [0.5, 0.6) is 0 Å². The first kappa shape index (κ1) is 22.8. The van der Waals surface area contributed by atoms with Crippen LogP contribution in [0.2, 0.25) is 0 Å². The van der Waals surface area contributed by atoms with Gasteiger partial charge in [0.05, 0.1) is 41.2 Å². The van der Waals surface area contributed by atoms with E-state index in [0.717, 1.165) is 10.9 Å². The minimum atomic E-state index is -0.435. The fourth-order valence-corrected chi connectivity index (χ4v) is 3.92. The lowest BCUT2D eigenvalue weighted by Crippen LogP contribution is -2.43. The van der Waals surface area contributed by atoms with Crippen LogP contribution in [0.4, 0.5) is 0 Å². The van der Waals surface area contributed by atoms with Crippen molar-refractivity contribution in [2.24, 2.45) is 5.92 Å². The number of fused-ring (bicyclic) bond motifs is 1. The molecular formula is C25H29N5O3. The number of hydrogen-bond donors (Lipinski definition) is 1. The molecule has 1 saturated heterocycles. The smallest absolute Gasteiger partial charge is 0.257 e. The summed E-state index contributed by atoms with van der Waals surface area (Å²) in [4.78, 5) is 41.1. The molecule has 8 nitrogen and oxygen atoms in total. The summed E-state index contributed by atoms with van der Waals surface area (Å²) >= 11 is 0. The first-order chi connectivity index (χ1) is 15.8. The Kier molecular flexibility index (Phi) is 6.65. The van der Waals surface area contributed by atoms with Crippen LogP contribution in [-0.4, -0.2) is 57.9 Å². The van der Waals surface area contributed by atoms with Gasteiger partial charge in [0.1, 0.15) is 11.9 Å². The molecule has 0 bridgehead atoms. The summed E-state index contributed by atoms with van der Waals surface area (Å²) in [5, 5.41) is 3.78. The molecule has 2 aromatic heterocycles. The number of aromatic nitrogens is 3. The molecule has 0 saturated carbocycles. The van der Waals surface area contributed by atoms with Gasteiger partial charge < -0.3 is 15.0 Å². The van der Waals surface area contributed by atoms with Crippen molar-refractivity contribution in [1.29, 1.82) is 0 Å². The second-order valence-corrected chi connectivity index (χ2v) is 8.74. The van der Waals surface area contributed by atoms with Crippen LogP contribution in [0.15, 0.2) is 36.5 Å². The maximum atomic E-state index is 13.2. The zero-order chi connectivity index (χ0) is 23.5. The van der Waals surface area contributed by atoms with Crippen molar-refractivity contribution in [1.82, 2.24) is 25.2 Å². The van der Waals surface area contributed by atoms with Crippen LogP contribution in [-0.2, 0) is 4.74 Å². The molecule has 1 aliphatic heterocycles. The Morgan fingerprint density at radius 3 is 2.73 bits per heavy atom. The van der Waals surface area contributed by atoms with E-state index in [4.69, 9.17) is 9.72 Å². The van der Waals surface area contributed by atoms with Gasteiger partial charge >= 0.3 is 0 Å². The summed E-state index contributed by atoms with van der Waals surface area (Å²) in [6, 6.07) is 9.36. The molecule has 1 aromatic carbocycles. The third-order valence-electron chi connectivity index (χ3n) is 5.67. The number of ether oxygens (including phenoxy) is 1. The van der Waals surface area contributed by atoms with E-state index in [0.29, 0.717) is 60.5 Å². The number of benzene rings is 1. The monoisotopic (exact) mass is 447 g/mol. The predicted octanol–water partition coefficient (Wildman–Crippen LogP) is 3.24. The van der Waals surface area contributed by atoms with Gasteiger partial charge in [-0.25, -0.2) is 15.0 Å². The van der Waals surface area contributed by atoms with Gasteiger partial charge in [0.25, 0.3) is 11.8 Å². The van der Waals surface area contributed by atoms with E-state index in [9.17, 15) is 9.59 Å². The number of nitrogens with zero attached hydrogens (tertiary/aromatic N) is 4. The third-order valence-corrected chi connectivity index (χ3v) is 5.67. The highest BCUT2D eigenvalue weighted by atomic mass is 16.5. The fourth-order valence-electron chi connectivity index (χ4n) is 3.92. The van der Waals surface area contributed by atoms with E-state index in [1.165, 1.54) is 0 Å². The molecule has 0 aliphatic carbocycles. The van der Waals surface area contributed by atoms with Crippen molar-refractivity contribution >= 4 is 22.7 Å². The molecule has 33 heavy (non-hydrogen) atoms. The molecule has 1 fully saturated rings. The molecule has 0 unspecified atom stereocenters. The van der Waals surface area contributed by atoms with E-state index < -0.39 is 6.10 Å². The topological polar surface area (TPSA) is 97.3 Å². The van der Waals surface area contributed by atoms with Crippen LogP contribution < -0.4 is 5.32 Å². The maximum absolute atomic E-state index is 13.2. The Morgan fingerprint density at radius 1 is 1.18 bits per heavy atom. The quantitative estimate of drug-likeness (QED) is 0.645. The number of hydrogen-bond acceptors (Lipinski definition) is 6. The van der Waals surface area contributed by atoms with Gasteiger partial charge in [0.2, 0.25) is 0 Å². The van der Waals surface area contributed by atoms with E-state index >= 15 is 0 Å². The number of amides is 2. The molecule has 3 heterocycles. The number of carbonyl (C=O) groups is 2. The van der Waals surface area contributed by atoms with Crippen LogP contribution in [0.3, 0.4) is 0 Å². The zero-order valence-electron chi connectivity index (χ0n) is 19.5. The Balaban J connectivity index is 1.62. The maximum Gasteiger partial charge on any atom is 0.257 e. The number of rotatable bonds is 5. The minimum Gasteiger partial charge on any atom is -0.368 e. The summed E-state index contributed by atoms with van der Waals surface area (Å²) in [7, 11) is 0. The van der Waals surface area contributed by atoms with Crippen molar-refractivity contribution in [3.8, 4) is 0 Å². The van der Waals surface area contributed by atoms with E-state index in [2.05, 4.69) is 29.1 Å². The Bertz CT molecular complexity index is 1190. The zero-order valence-corrected chi connectivity index (χ0v) is 19.5. The molecular weight excluding hydrogens is 418 g/mol. The fraction of sp³-hybridized carbons (Fsp3) is 0.400. The van der Waals surface area contributed by atoms with E-state index in [1.807, 2.05) is 31.2 Å². The molecule has 4 rings (SSSR count). The number of pyridine rings is 1. The van der Waals surface area contributed by atoms with Gasteiger partial charge in [-0.3, -0.25) is 9.59 Å². The van der Waals surface area contributed by atoms with Crippen molar-refractivity contribution < 1.29 is 14.3 Å². The molecule has 3 aromatic rings. The molecule has 2 amide bonds. The van der Waals surface area contributed by atoms with E-state index in [1.54, 1.807) is 24.1 Å². The second kappa shape index (κ2) is 9.62. The lowest BCUT2D eigenvalue weighted by Gasteiger charge is -2.33. The van der Waals surface area contributed by atoms with Crippen LogP contribution in [0.25, 0.3) is 10.9 Å². The molecule has 1 aliphatic rings. The summed E-state index contributed by atoms with van der Waals surface area (Å²) in [5.41, 5.74) is 3.06. The normalized spacial score (nSPS) is 16.3. The number of aryl methyl sites for hydroxylation is 2. The first-order valence-electron chi connectivity index (χ1n) is 11.2. The van der Waals surface area contributed by atoms with Crippen LogP contribution >= 0.6 is 0 Å². The predicted molar refractivity (Wildman–Crippen MR) is 125 cm³/mol. The van der Waals surface area contributed by atoms with Gasteiger partial charge in [-0.05, 0) is 31.9 Å². The summed E-state index contributed by atoms with van der Waals surface area (Å²) < 4.78 is 5.99. The van der Waals surface area contributed by atoms with Crippen LogP contribution in [0.1, 0.15) is 57.9 Å². The Labute approximate surface area is 193 Å². The Hall–Kier alpha value is -3.39. The lowest BCUT2D eigenvalue weighted by molar-refractivity contribution is -0.0246. The minimum absolute atomic E-state index is 0.128. The summed E-state index contributed by atoms with van der Waals surface area (Å²) in [6.45, 7) is 9.50. The highest BCUT2D eigenvalue weighted by Gasteiger charge is 2.29. The molecule has 1 atom stereocenters. The largest absolute Gasteiger partial charge is 0.368 e. The van der Waals surface area contributed by atoms with Crippen molar-refractivity contribution in [3.05, 3.63) is 64.9 Å². The highest BCUT2D eigenvalue weighted by Crippen LogP contribution is 2.27. The molecule has 0 radical (unpaired) electrons. The SMILES string of the molecule is Cc1ncc(C(=O)N2CCO[C@H](c3cc(C(=O)NCC(C)C)c4ccccc4n3)C2)c(C)n1. The molecule has 0 spiro atoms. The number of carbonyl (C=O) groups excluding carboxylic acids is 2. The van der Waals surface area contributed by atoms with Gasteiger partial charge in [-0.1, -0.05) is 32.0 Å². The summed E-state index contributed by atoms with van der Waals surface area (Å²) in [6.07, 6.45) is 1.14. The lowest BCUT2D eigenvalue weighted by atomic mass is 10.0. The Morgan fingerprint density at radius 2 is 1.97 bits per heavy atom. The van der Waals surface area contributed by atoms with Gasteiger partial charge in [0, 0.05) is 24.7 Å². The molecule has 1 N–H and O–H groups in total. The van der Waals surface area contributed by atoms with E-state index in [-0.39, 0.29) is 11.8 Å². The first-order valence-corrected chi connectivity index (χ1v) is 11.2. The van der Waals surface area contributed by atoms with Crippen molar-refractivity contribution in [3.63, 3.8) is 0 Å². The molecule has 8 heteroatoms. The standard InChI is InChI=1S/C25H29N5O3/c1-15(2)12-27-24(31)19-11-22(29-21-8-6-5-7-18(19)21)23-14-30(9-10-33-23)25(32)20-13-26-17(4)28-16(20)3/h5-8,11,13,15,23H,9-10,12,14H2,1-4H3,(H,27,31)/t23-/m0/s1. The number of nitrogens with one attached hydrogen (secondary N) is 1. The van der Waals surface area contributed by atoms with Gasteiger partial charge in [-0.15, -0.1) is 0 Å². The van der Waals surface area contributed by atoms with Gasteiger partial charge in [-0.2, -0.15) is 0 Å².